The van der Waals surface area contributed by atoms with Gasteiger partial charge in [-0.2, -0.15) is 0 Å². The van der Waals surface area contributed by atoms with Gasteiger partial charge < -0.3 is 9.47 Å². The molecule has 0 N–H and O–H groups in total. The standard InChI is InChI=1S/C8H14O3/c1-10-5-7(6-3-4-6)8(9)11-2/h6-7H,3-5H2,1-2H3. The first-order valence-corrected chi connectivity index (χ1v) is 3.86. The summed E-state index contributed by atoms with van der Waals surface area (Å²) in [5.41, 5.74) is 0. The number of hydrogen-bond acceptors (Lipinski definition) is 3. The Labute approximate surface area is 66.7 Å². The number of hydrogen-bond donors (Lipinski definition) is 0. The SMILES string of the molecule is COCC(C(=O)OC)C1CC1. The topological polar surface area (TPSA) is 35.5 Å². The summed E-state index contributed by atoms with van der Waals surface area (Å²) in [5, 5.41) is 0. The van der Waals surface area contributed by atoms with E-state index in [1.54, 1.807) is 7.11 Å². The summed E-state index contributed by atoms with van der Waals surface area (Å²) in [6.45, 7) is 0.497. The van der Waals surface area contributed by atoms with Crippen LogP contribution in [0.15, 0.2) is 0 Å². The van der Waals surface area contributed by atoms with Crippen molar-refractivity contribution < 1.29 is 14.3 Å². The van der Waals surface area contributed by atoms with Crippen LogP contribution in [0.3, 0.4) is 0 Å². The minimum Gasteiger partial charge on any atom is -0.469 e. The van der Waals surface area contributed by atoms with Crippen molar-refractivity contribution in [3.05, 3.63) is 0 Å². The largest absolute Gasteiger partial charge is 0.469 e. The Balaban J connectivity index is 2.37. The van der Waals surface area contributed by atoms with Crippen LogP contribution in [0.5, 0.6) is 0 Å². The highest BCUT2D eigenvalue weighted by Gasteiger charge is 2.36. The van der Waals surface area contributed by atoms with Gasteiger partial charge in [-0.25, -0.2) is 0 Å². The van der Waals surface area contributed by atoms with Crippen LogP contribution in [0.4, 0.5) is 0 Å². The molecule has 0 radical (unpaired) electrons. The highest BCUT2D eigenvalue weighted by atomic mass is 16.5. The van der Waals surface area contributed by atoms with E-state index in [4.69, 9.17) is 4.74 Å². The molecule has 0 spiro atoms. The van der Waals surface area contributed by atoms with Crippen LogP contribution < -0.4 is 0 Å². The van der Waals surface area contributed by atoms with Crippen LogP contribution in [0, 0.1) is 11.8 Å². The molecular formula is C8H14O3. The first kappa shape index (κ1) is 8.53. The molecule has 3 nitrogen and oxygen atoms in total. The molecule has 0 bridgehead atoms. The first-order chi connectivity index (χ1) is 5.29. The number of ether oxygens (including phenoxy) is 2. The van der Waals surface area contributed by atoms with Crippen LogP contribution in [-0.2, 0) is 14.3 Å². The monoisotopic (exact) mass is 158 g/mol. The molecule has 1 rings (SSSR count). The summed E-state index contributed by atoms with van der Waals surface area (Å²) in [7, 11) is 3.03. The molecule has 64 valence electrons. The van der Waals surface area contributed by atoms with Gasteiger partial charge in [0.05, 0.1) is 19.6 Å². The Hall–Kier alpha value is -0.570. The van der Waals surface area contributed by atoms with Gasteiger partial charge in [0, 0.05) is 7.11 Å². The molecule has 0 aromatic rings. The summed E-state index contributed by atoms with van der Waals surface area (Å²) in [6, 6.07) is 0. The van der Waals surface area contributed by atoms with Crippen molar-refractivity contribution >= 4 is 5.97 Å². The Morgan fingerprint density at radius 1 is 1.55 bits per heavy atom. The van der Waals surface area contributed by atoms with Crippen molar-refractivity contribution in [2.24, 2.45) is 11.8 Å². The lowest BCUT2D eigenvalue weighted by Crippen LogP contribution is -2.22. The van der Waals surface area contributed by atoms with Crippen LogP contribution in [-0.4, -0.2) is 26.8 Å². The van der Waals surface area contributed by atoms with E-state index in [-0.39, 0.29) is 11.9 Å². The van der Waals surface area contributed by atoms with Crippen LogP contribution in [0.25, 0.3) is 0 Å². The molecule has 0 aromatic heterocycles. The van der Waals surface area contributed by atoms with E-state index < -0.39 is 0 Å². The molecule has 1 saturated carbocycles. The first-order valence-electron chi connectivity index (χ1n) is 3.86. The minimum absolute atomic E-state index is 0.0231. The zero-order chi connectivity index (χ0) is 8.27. The Morgan fingerprint density at radius 3 is 2.55 bits per heavy atom. The van der Waals surface area contributed by atoms with Crippen molar-refractivity contribution in [3.63, 3.8) is 0 Å². The van der Waals surface area contributed by atoms with E-state index in [9.17, 15) is 4.79 Å². The normalized spacial score (nSPS) is 19.5. The summed E-state index contributed by atoms with van der Waals surface area (Å²) >= 11 is 0. The number of esters is 1. The molecule has 1 aliphatic rings. The lowest BCUT2D eigenvalue weighted by atomic mass is 10.1. The lowest BCUT2D eigenvalue weighted by molar-refractivity contribution is -0.148. The van der Waals surface area contributed by atoms with Crippen LogP contribution in [0.2, 0.25) is 0 Å². The Morgan fingerprint density at radius 2 is 2.18 bits per heavy atom. The zero-order valence-corrected chi connectivity index (χ0v) is 7.00. The molecule has 1 fully saturated rings. The number of carbonyl (C=O) groups excluding carboxylic acids is 1. The summed E-state index contributed by atoms with van der Waals surface area (Å²) < 4.78 is 9.57. The molecule has 1 atom stereocenters. The molecule has 0 aliphatic heterocycles. The third-order valence-corrected chi connectivity index (χ3v) is 2.04. The van der Waals surface area contributed by atoms with Crippen LogP contribution in [0.1, 0.15) is 12.8 Å². The fraction of sp³-hybridized carbons (Fsp3) is 0.875. The number of carbonyl (C=O) groups is 1. The van der Waals surface area contributed by atoms with Crippen molar-refractivity contribution in [2.75, 3.05) is 20.8 Å². The highest BCUT2D eigenvalue weighted by molar-refractivity contribution is 5.73. The maximum Gasteiger partial charge on any atom is 0.311 e. The highest BCUT2D eigenvalue weighted by Crippen LogP contribution is 2.37. The zero-order valence-electron chi connectivity index (χ0n) is 7.00. The predicted molar refractivity (Wildman–Crippen MR) is 40.1 cm³/mol. The van der Waals surface area contributed by atoms with Crippen molar-refractivity contribution in [1.82, 2.24) is 0 Å². The summed E-state index contributed by atoms with van der Waals surface area (Å²) in [4.78, 5) is 11.1. The average Bonchev–Trinajstić information content (AvgIpc) is 2.81. The molecule has 0 aromatic carbocycles. The predicted octanol–water partition coefficient (Wildman–Crippen LogP) is 0.832. The second-order valence-corrected chi connectivity index (χ2v) is 2.92. The number of rotatable bonds is 4. The van der Waals surface area contributed by atoms with Crippen molar-refractivity contribution in [3.8, 4) is 0 Å². The van der Waals surface area contributed by atoms with Gasteiger partial charge in [-0.15, -0.1) is 0 Å². The second-order valence-electron chi connectivity index (χ2n) is 2.92. The van der Waals surface area contributed by atoms with Gasteiger partial charge in [-0.3, -0.25) is 4.79 Å². The molecule has 11 heavy (non-hydrogen) atoms. The van der Waals surface area contributed by atoms with Gasteiger partial charge in [0.2, 0.25) is 0 Å². The Bertz CT molecular complexity index is 140. The van der Waals surface area contributed by atoms with E-state index in [1.807, 2.05) is 0 Å². The maximum atomic E-state index is 11.1. The van der Waals surface area contributed by atoms with E-state index in [0.29, 0.717) is 12.5 Å². The molecule has 0 heterocycles. The summed E-state index contributed by atoms with van der Waals surface area (Å²) in [6.07, 6.45) is 2.28. The van der Waals surface area contributed by atoms with E-state index in [2.05, 4.69) is 4.74 Å². The maximum absolute atomic E-state index is 11.1. The fourth-order valence-corrected chi connectivity index (χ4v) is 1.23. The van der Waals surface area contributed by atoms with Gasteiger partial charge in [-0.1, -0.05) is 0 Å². The van der Waals surface area contributed by atoms with Gasteiger partial charge in [0.15, 0.2) is 0 Å². The lowest BCUT2D eigenvalue weighted by Gasteiger charge is -2.11. The average molecular weight is 158 g/mol. The van der Waals surface area contributed by atoms with Crippen molar-refractivity contribution in [2.45, 2.75) is 12.8 Å². The third kappa shape index (κ3) is 2.19. The van der Waals surface area contributed by atoms with Crippen molar-refractivity contribution in [1.29, 1.82) is 0 Å². The molecule has 0 saturated heterocycles. The molecule has 3 heteroatoms. The summed E-state index contributed by atoms with van der Waals surface area (Å²) in [5.74, 6) is 0.363. The van der Waals surface area contributed by atoms with Gasteiger partial charge in [0.1, 0.15) is 0 Å². The Kier molecular flexibility index (Phi) is 2.88. The van der Waals surface area contributed by atoms with E-state index in [1.165, 1.54) is 7.11 Å². The van der Waals surface area contributed by atoms with Gasteiger partial charge in [0.25, 0.3) is 0 Å². The third-order valence-electron chi connectivity index (χ3n) is 2.04. The van der Waals surface area contributed by atoms with Gasteiger partial charge >= 0.3 is 5.97 Å². The smallest absolute Gasteiger partial charge is 0.311 e. The van der Waals surface area contributed by atoms with Crippen LogP contribution >= 0.6 is 0 Å². The van der Waals surface area contributed by atoms with Gasteiger partial charge in [-0.05, 0) is 18.8 Å². The van der Waals surface area contributed by atoms with E-state index in [0.717, 1.165) is 12.8 Å². The quantitative estimate of drug-likeness (QED) is 0.568. The minimum atomic E-state index is -0.130. The molecular weight excluding hydrogens is 144 g/mol. The molecule has 1 aliphatic carbocycles. The fourth-order valence-electron chi connectivity index (χ4n) is 1.23. The molecule has 1 unspecified atom stereocenters. The molecule has 0 amide bonds. The van der Waals surface area contributed by atoms with E-state index >= 15 is 0 Å². The second kappa shape index (κ2) is 3.72. The number of methoxy groups -OCH3 is 2.